The maximum atomic E-state index is 14.0. The summed E-state index contributed by atoms with van der Waals surface area (Å²) in [4.78, 5) is 25.4. The molecule has 0 saturated carbocycles. The zero-order chi connectivity index (χ0) is 23.4. The van der Waals surface area contributed by atoms with Crippen molar-refractivity contribution in [1.29, 1.82) is 0 Å². The number of rotatable bonds is 6. The summed E-state index contributed by atoms with van der Waals surface area (Å²) in [5, 5.41) is 23.7. The molecule has 0 fully saturated rings. The van der Waals surface area contributed by atoms with Gasteiger partial charge in [0.2, 0.25) is 0 Å². The molecule has 0 spiro atoms. The van der Waals surface area contributed by atoms with Gasteiger partial charge in [0.05, 0.1) is 6.42 Å². The van der Waals surface area contributed by atoms with E-state index in [0.717, 1.165) is 10.9 Å². The molecule has 11 heteroatoms. The number of alkyl carbamates (subject to hydrolysis) is 1. The fourth-order valence-corrected chi connectivity index (χ4v) is 2.54. The standard InChI is InChI=1S/C20H28FN5O5/c1-19(2,3)30-17(28)10-12(22-18(29)31-20(4,5)6)9-16-23-25-26(24-16)15-8-7-13(27)11-14(15)21/h7-8,11-12,27H,9-10H2,1-6H3,(H,22,29)/t12-/m0/s1. The second kappa shape index (κ2) is 9.27. The summed E-state index contributed by atoms with van der Waals surface area (Å²) in [6, 6.07) is 2.77. The summed E-state index contributed by atoms with van der Waals surface area (Å²) in [6.07, 6.45) is -0.838. The number of tetrazole rings is 1. The van der Waals surface area contributed by atoms with Crippen molar-refractivity contribution in [2.24, 2.45) is 0 Å². The molecule has 2 rings (SSSR count). The van der Waals surface area contributed by atoms with Crippen LogP contribution < -0.4 is 5.32 Å². The van der Waals surface area contributed by atoms with Crippen LogP contribution in [-0.4, -0.2) is 54.6 Å². The smallest absolute Gasteiger partial charge is 0.407 e. The highest BCUT2D eigenvalue weighted by Crippen LogP contribution is 2.18. The lowest BCUT2D eigenvalue weighted by molar-refractivity contribution is -0.155. The Hall–Kier alpha value is -3.24. The van der Waals surface area contributed by atoms with E-state index in [-0.39, 0.29) is 30.1 Å². The number of aromatic nitrogens is 4. The number of hydrogen-bond donors (Lipinski definition) is 2. The predicted molar refractivity (Wildman–Crippen MR) is 108 cm³/mol. The molecule has 0 bridgehead atoms. The van der Waals surface area contributed by atoms with E-state index in [1.54, 1.807) is 41.5 Å². The monoisotopic (exact) mass is 437 g/mol. The van der Waals surface area contributed by atoms with E-state index in [2.05, 4.69) is 20.7 Å². The van der Waals surface area contributed by atoms with E-state index in [0.29, 0.717) is 0 Å². The molecule has 0 aliphatic carbocycles. The number of esters is 1. The fraction of sp³-hybridized carbons (Fsp3) is 0.550. The summed E-state index contributed by atoms with van der Waals surface area (Å²) >= 11 is 0. The molecule has 31 heavy (non-hydrogen) atoms. The number of aromatic hydroxyl groups is 1. The van der Waals surface area contributed by atoms with Crippen molar-refractivity contribution in [3.05, 3.63) is 29.8 Å². The number of amides is 1. The van der Waals surface area contributed by atoms with E-state index in [4.69, 9.17) is 9.47 Å². The van der Waals surface area contributed by atoms with Crippen LogP contribution in [0.5, 0.6) is 5.75 Å². The molecule has 0 aliphatic rings. The molecule has 0 aliphatic heterocycles. The average Bonchev–Trinajstić information content (AvgIpc) is 2.98. The third-order valence-corrected chi connectivity index (χ3v) is 3.58. The molecule has 1 atom stereocenters. The van der Waals surface area contributed by atoms with Gasteiger partial charge in [0.1, 0.15) is 22.6 Å². The van der Waals surface area contributed by atoms with Gasteiger partial charge in [-0.25, -0.2) is 9.18 Å². The van der Waals surface area contributed by atoms with Crippen molar-refractivity contribution in [1.82, 2.24) is 25.5 Å². The first-order chi connectivity index (χ1) is 14.2. The highest BCUT2D eigenvalue weighted by Gasteiger charge is 2.26. The Morgan fingerprint density at radius 3 is 2.39 bits per heavy atom. The van der Waals surface area contributed by atoms with Crippen LogP contribution in [0.15, 0.2) is 18.2 Å². The Kier molecular flexibility index (Phi) is 7.19. The Bertz CT molecular complexity index is 903. The largest absolute Gasteiger partial charge is 0.508 e. The maximum absolute atomic E-state index is 14.0. The first kappa shape index (κ1) is 24.0. The minimum atomic E-state index is -0.744. The number of ether oxygens (including phenoxy) is 2. The van der Waals surface area contributed by atoms with Gasteiger partial charge in [0.25, 0.3) is 0 Å². The number of nitrogens with one attached hydrogen (secondary N) is 1. The molecule has 1 aromatic heterocycles. The first-order valence-corrected chi connectivity index (χ1v) is 9.71. The van der Waals surface area contributed by atoms with Gasteiger partial charge in [-0.1, -0.05) is 0 Å². The van der Waals surface area contributed by atoms with Gasteiger partial charge in [-0.15, -0.1) is 15.0 Å². The minimum Gasteiger partial charge on any atom is -0.508 e. The third-order valence-electron chi connectivity index (χ3n) is 3.58. The normalized spacial score (nSPS) is 12.9. The SMILES string of the molecule is CC(C)(C)OC(=O)C[C@H](Cc1nnn(-c2ccc(O)cc2F)n1)NC(=O)OC(C)(C)C. The third kappa shape index (κ3) is 8.19. The summed E-state index contributed by atoms with van der Waals surface area (Å²) in [6.45, 7) is 10.4. The summed E-state index contributed by atoms with van der Waals surface area (Å²) < 4.78 is 24.6. The summed E-state index contributed by atoms with van der Waals surface area (Å²) in [5.41, 5.74) is -1.43. The number of phenols is 1. The van der Waals surface area contributed by atoms with Crippen LogP contribution in [0, 0.1) is 5.82 Å². The van der Waals surface area contributed by atoms with Crippen LogP contribution in [0.2, 0.25) is 0 Å². The van der Waals surface area contributed by atoms with Crippen molar-refractivity contribution in [3.8, 4) is 11.4 Å². The first-order valence-electron chi connectivity index (χ1n) is 9.71. The molecule has 1 heterocycles. The van der Waals surface area contributed by atoms with Crippen LogP contribution in [-0.2, 0) is 20.7 Å². The van der Waals surface area contributed by atoms with Gasteiger partial charge >= 0.3 is 12.1 Å². The summed E-state index contributed by atoms with van der Waals surface area (Å²) in [7, 11) is 0. The van der Waals surface area contributed by atoms with Crippen molar-refractivity contribution in [3.63, 3.8) is 0 Å². The maximum Gasteiger partial charge on any atom is 0.407 e. The molecule has 1 amide bonds. The van der Waals surface area contributed by atoms with Crippen LogP contribution >= 0.6 is 0 Å². The second-order valence-electron chi connectivity index (χ2n) is 8.97. The molecule has 0 saturated heterocycles. The van der Waals surface area contributed by atoms with E-state index < -0.39 is 35.1 Å². The Morgan fingerprint density at radius 1 is 1.16 bits per heavy atom. The van der Waals surface area contributed by atoms with Crippen molar-refractivity contribution in [2.75, 3.05) is 0 Å². The van der Waals surface area contributed by atoms with Crippen molar-refractivity contribution >= 4 is 12.1 Å². The molecular formula is C20H28FN5O5. The highest BCUT2D eigenvalue weighted by atomic mass is 19.1. The zero-order valence-electron chi connectivity index (χ0n) is 18.5. The predicted octanol–water partition coefficient (Wildman–Crippen LogP) is 2.67. The quantitative estimate of drug-likeness (QED) is 0.660. The van der Waals surface area contributed by atoms with E-state index >= 15 is 0 Å². The highest BCUT2D eigenvalue weighted by molar-refractivity contribution is 5.73. The molecule has 2 N–H and O–H groups in total. The number of hydrogen-bond acceptors (Lipinski definition) is 8. The number of carbonyl (C=O) groups is 2. The topological polar surface area (TPSA) is 128 Å². The Labute approximate surface area is 179 Å². The van der Waals surface area contributed by atoms with Crippen molar-refractivity contribution < 1.29 is 28.6 Å². The zero-order valence-corrected chi connectivity index (χ0v) is 18.5. The fourth-order valence-electron chi connectivity index (χ4n) is 2.54. The van der Waals surface area contributed by atoms with E-state index in [1.165, 1.54) is 12.1 Å². The minimum absolute atomic E-state index is 0.0136. The van der Waals surface area contributed by atoms with Gasteiger partial charge in [-0.2, -0.15) is 0 Å². The second-order valence-corrected chi connectivity index (χ2v) is 8.97. The lowest BCUT2D eigenvalue weighted by atomic mass is 10.1. The van der Waals surface area contributed by atoms with E-state index in [9.17, 15) is 19.1 Å². The van der Waals surface area contributed by atoms with Gasteiger partial charge in [0, 0.05) is 18.5 Å². The lowest BCUT2D eigenvalue weighted by Gasteiger charge is -2.24. The molecule has 170 valence electrons. The number of halogens is 1. The summed E-state index contributed by atoms with van der Waals surface area (Å²) in [5.74, 6) is -1.33. The molecule has 0 unspecified atom stereocenters. The van der Waals surface area contributed by atoms with Crippen LogP contribution in [0.1, 0.15) is 53.8 Å². The number of carbonyl (C=O) groups excluding carboxylic acids is 2. The molecule has 1 aromatic carbocycles. The Morgan fingerprint density at radius 2 is 1.81 bits per heavy atom. The van der Waals surface area contributed by atoms with Gasteiger partial charge in [-0.3, -0.25) is 4.79 Å². The van der Waals surface area contributed by atoms with Crippen LogP contribution in [0.3, 0.4) is 0 Å². The Balaban J connectivity index is 2.17. The lowest BCUT2D eigenvalue weighted by Crippen LogP contribution is -2.42. The molecule has 10 nitrogen and oxygen atoms in total. The van der Waals surface area contributed by atoms with Crippen LogP contribution in [0.4, 0.5) is 9.18 Å². The van der Waals surface area contributed by atoms with Gasteiger partial charge < -0.3 is 19.9 Å². The van der Waals surface area contributed by atoms with Crippen molar-refractivity contribution in [2.45, 2.75) is 71.6 Å². The molecule has 0 radical (unpaired) electrons. The number of phenolic OH excluding ortho intramolecular Hbond substituents is 1. The van der Waals surface area contributed by atoms with Crippen LogP contribution in [0.25, 0.3) is 5.69 Å². The number of benzene rings is 1. The molecule has 2 aromatic rings. The average molecular weight is 437 g/mol. The molecular weight excluding hydrogens is 409 g/mol. The number of nitrogens with zero attached hydrogens (tertiary/aromatic N) is 4. The van der Waals surface area contributed by atoms with Gasteiger partial charge in [0.15, 0.2) is 11.6 Å². The van der Waals surface area contributed by atoms with E-state index in [1.807, 2.05) is 0 Å². The van der Waals surface area contributed by atoms with Gasteiger partial charge in [-0.05, 0) is 58.9 Å².